The predicted molar refractivity (Wildman–Crippen MR) is 215 cm³/mol. The Balaban J connectivity index is 4.38. The molecule has 0 bridgehead atoms. The highest BCUT2D eigenvalue weighted by molar-refractivity contribution is 5.71. The average molecular weight is 713 g/mol. The summed E-state index contributed by atoms with van der Waals surface area (Å²) in [7, 11) is 0. The van der Waals surface area contributed by atoms with Gasteiger partial charge in [-0.1, -0.05) is 159 Å². The summed E-state index contributed by atoms with van der Waals surface area (Å²) in [5, 5.41) is 0. The molecule has 0 amide bonds. The van der Waals surface area contributed by atoms with Crippen molar-refractivity contribution in [2.45, 2.75) is 194 Å². The summed E-state index contributed by atoms with van der Waals surface area (Å²) < 4.78 is 16.5. The molecule has 0 saturated heterocycles. The van der Waals surface area contributed by atoms with Crippen LogP contribution < -0.4 is 0 Å². The molecule has 0 aromatic rings. The molecule has 0 aliphatic heterocycles. The molecule has 1 atom stereocenters. The number of allylic oxidation sites excluding steroid dienone is 10. The molecule has 0 radical (unpaired) electrons. The van der Waals surface area contributed by atoms with E-state index >= 15 is 0 Å². The van der Waals surface area contributed by atoms with Gasteiger partial charge < -0.3 is 14.2 Å². The van der Waals surface area contributed by atoms with Crippen molar-refractivity contribution in [3.8, 4) is 0 Å². The maximum absolute atomic E-state index is 12.6. The minimum atomic E-state index is -0.808. The second kappa shape index (κ2) is 39.9. The van der Waals surface area contributed by atoms with Gasteiger partial charge >= 0.3 is 17.9 Å². The zero-order valence-electron chi connectivity index (χ0n) is 33.1. The van der Waals surface area contributed by atoms with Crippen LogP contribution in [0.25, 0.3) is 0 Å². The number of carbonyl (C=O) groups excluding carboxylic acids is 3. The van der Waals surface area contributed by atoms with Crippen molar-refractivity contribution in [1.29, 1.82) is 0 Å². The Morgan fingerprint density at radius 2 is 0.804 bits per heavy atom. The molecule has 0 aromatic heterocycles. The Morgan fingerprint density at radius 3 is 1.27 bits per heavy atom. The van der Waals surface area contributed by atoms with Crippen LogP contribution in [0.3, 0.4) is 0 Å². The van der Waals surface area contributed by atoms with E-state index in [4.69, 9.17) is 14.2 Å². The Kier molecular flexibility index (Phi) is 37.6. The average Bonchev–Trinajstić information content (AvgIpc) is 3.12. The van der Waals surface area contributed by atoms with Gasteiger partial charge in [0.05, 0.1) is 0 Å². The van der Waals surface area contributed by atoms with Crippen molar-refractivity contribution in [2.75, 3.05) is 13.2 Å². The van der Waals surface area contributed by atoms with Crippen molar-refractivity contribution >= 4 is 17.9 Å². The van der Waals surface area contributed by atoms with Gasteiger partial charge in [-0.25, -0.2) is 0 Å². The maximum atomic E-state index is 12.6. The van der Waals surface area contributed by atoms with Crippen LogP contribution in [0, 0.1) is 0 Å². The third-order valence-corrected chi connectivity index (χ3v) is 8.52. The second-order valence-electron chi connectivity index (χ2n) is 13.5. The Hall–Kier alpha value is -2.89. The van der Waals surface area contributed by atoms with Gasteiger partial charge in [-0.05, 0) is 70.6 Å². The molecule has 0 N–H and O–H groups in total. The summed E-state index contributed by atoms with van der Waals surface area (Å²) >= 11 is 0. The molecule has 0 aromatic carbocycles. The molecule has 6 nitrogen and oxygen atoms in total. The SMILES string of the molecule is CC/C=C\C/C=C\C/C=C\C/C=C\CCC(=O)OC(COC(=O)CCCCCCC)COC(=O)CCCCCCC/C=C\CCCCCCCC. The molecular formula is C45H76O6. The monoisotopic (exact) mass is 713 g/mol. The molecule has 0 aliphatic rings. The molecule has 292 valence electrons. The summed E-state index contributed by atoms with van der Waals surface area (Å²) in [6.45, 7) is 6.33. The van der Waals surface area contributed by atoms with Gasteiger partial charge in [0.25, 0.3) is 0 Å². The highest BCUT2D eigenvalue weighted by Gasteiger charge is 2.19. The number of rotatable bonds is 36. The van der Waals surface area contributed by atoms with Crippen LogP contribution in [0.2, 0.25) is 0 Å². The fourth-order valence-corrected chi connectivity index (χ4v) is 5.39. The van der Waals surface area contributed by atoms with Gasteiger partial charge in [0.1, 0.15) is 13.2 Å². The minimum Gasteiger partial charge on any atom is -0.462 e. The van der Waals surface area contributed by atoms with Crippen LogP contribution in [0.4, 0.5) is 0 Å². The molecule has 0 aliphatic carbocycles. The predicted octanol–water partition coefficient (Wildman–Crippen LogP) is 13.0. The van der Waals surface area contributed by atoms with E-state index in [1.807, 2.05) is 12.2 Å². The summed E-state index contributed by atoms with van der Waals surface area (Å²) in [6.07, 6.45) is 46.8. The lowest BCUT2D eigenvalue weighted by Crippen LogP contribution is -2.30. The molecular weight excluding hydrogens is 636 g/mol. The molecule has 51 heavy (non-hydrogen) atoms. The van der Waals surface area contributed by atoms with Crippen molar-refractivity contribution in [2.24, 2.45) is 0 Å². The zero-order chi connectivity index (χ0) is 37.3. The molecule has 0 fully saturated rings. The normalized spacial score (nSPS) is 12.6. The van der Waals surface area contributed by atoms with Crippen LogP contribution in [0.15, 0.2) is 60.8 Å². The van der Waals surface area contributed by atoms with Crippen molar-refractivity contribution in [3.63, 3.8) is 0 Å². The number of ether oxygens (including phenoxy) is 3. The quantitative estimate of drug-likeness (QED) is 0.0278. The highest BCUT2D eigenvalue weighted by Crippen LogP contribution is 2.12. The van der Waals surface area contributed by atoms with Crippen LogP contribution in [-0.4, -0.2) is 37.2 Å². The number of hydrogen-bond donors (Lipinski definition) is 0. The van der Waals surface area contributed by atoms with Crippen LogP contribution in [0.5, 0.6) is 0 Å². The number of hydrogen-bond acceptors (Lipinski definition) is 6. The first-order valence-corrected chi connectivity index (χ1v) is 20.8. The third-order valence-electron chi connectivity index (χ3n) is 8.52. The van der Waals surface area contributed by atoms with E-state index in [1.165, 1.54) is 57.8 Å². The van der Waals surface area contributed by atoms with E-state index in [0.717, 1.165) is 83.5 Å². The third kappa shape index (κ3) is 38.2. The smallest absolute Gasteiger partial charge is 0.306 e. The first-order chi connectivity index (χ1) is 25.0. The van der Waals surface area contributed by atoms with E-state index in [-0.39, 0.29) is 31.6 Å². The van der Waals surface area contributed by atoms with Crippen molar-refractivity contribution in [1.82, 2.24) is 0 Å². The fraction of sp³-hybridized carbons (Fsp3) is 0.711. The Labute approximate surface area is 313 Å². The molecule has 1 unspecified atom stereocenters. The highest BCUT2D eigenvalue weighted by atomic mass is 16.6. The number of carbonyl (C=O) groups is 3. The van der Waals surface area contributed by atoms with Crippen molar-refractivity contribution in [3.05, 3.63) is 60.8 Å². The molecule has 6 heteroatoms. The molecule has 0 saturated carbocycles. The zero-order valence-corrected chi connectivity index (χ0v) is 33.1. The summed E-state index contributed by atoms with van der Waals surface area (Å²) in [6, 6.07) is 0. The fourth-order valence-electron chi connectivity index (χ4n) is 5.39. The first-order valence-electron chi connectivity index (χ1n) is 20.8. The molecule has 0 heterocycles. The van der Waals surface area contributed by atoms with Crippen LogP contribution >= 0.6 is 0 Å². The summed E-state index contributed by atoms with van der Waals surface area (Å²) in [5.41, 5.74) is 0. The topological polar surface area (TPSA) is 78.9 Å². The number of esters is 3. The second-order valence-corrected chi connectivity index (χ2v) is 13.5. The van der Waals surface area contributed by atoms with E-state index in [1.54, 1.807) is 0 Å². The van der Waals surface area contributed by atoms with Gasteiger partial charge in [0.15, 0.2) is 6.10 Å². The number of unbranched alkanes of at least 4 members (excludes halogenated alkanes) is 15. The standard InChI is InChI=1S/C45H76O6/c1-4-7-10-13-15-17-19-21-22-24-25-27-29-32-35-38-44(47)50-41-42(40-49-43(46)37-34-31-12-9-6-3)51-45(48)39-36-33-30-28-26-23-20-18-16-14-11-8-5-2/h8,11,16,18,21-23,26,30,33,42H,4-7,9-10,12-15,17,19-20,24-25,27-29,31-32,34-41H2,1-3H3/b11-8-,18-16-,22-21-,26-23-,33-30-. The van der Waals surface area contributed by atoms with Crippen LogP contribution in [0.1, 0.15) is 188 Å². The van der Waals surface area contributed by atoms with E-state index in [0.29, 0.717) is 19.3 Å². The van der Waals surface area contributed by atoms with Gasteiger partial charge in [-0.15, -0.1) is 0 Å². The van der Waals surface area contributed by atoms with Gasteiger partial charge in [-0.2, -0.15) is 0 Å². The van der Waals surface area contributed by atoms with E-state index < -0.39 is 12.1 Å². The van der Waals surface area contributed by atoms with E-state index in [2.05, 4.69) is 69.4 Å². The van der Waals surface area contributed by atoms with Gasteiger partial charge in [0, 0.05) is 19.3 Å². The molecule has 0 rings (SSSR count). The maximum Gasteiger partial charge on any atom is 0.306 e. The lowest BCUT2D eigenvalue weighted by Gasteiger charge is -2.18. The lowest BCUT2D eigenvalue weighted by atomic mass is 10.1. The summed E-state index contributed by atoms with van der Waals surface area (Å²) in [5.74, 6) is -1.02. The largest absolute Gasteiger partial charge is 0.462 e. The summed E-state index contributed by atoms with van der Waals surface area (Å²) in [4.78, 5) is 37.3. The van der Waals surface area contributed by atoms with Crippen molar-refractivity contribution < 1.29 is 28.6 Å². The Bertz CT molecular complexity index is 960. The molecule has 0 spiro atoms. The van der Waals surface area contributed by atoms with Gasteiger partial charge in [-0.3, -0.25) is 14.4 Å². The first kappa shape index (κ1) is 48.1. The Morgan fingerprint density at radius 1 is 0.412 bits per heavy atom. The van der Waals surface area contributed by atoms with Crippen LogP contribution in [-0.2, 0) is 28.6 Å². The lowest BCUT2D eigenvalue weighted by molar-refractivity contribution is -0.166. The minimum absolute atomic E-state index is 0.107. The van der Waals surface area contributed by atoms with Gasteiger partial charge in [0.2, 0.25) is 0 Å². The van der Waals surface area contributed by atoms with E-state index in [9.17, 15) is 14.4 Å².